The summed E-state index contributed by atoms with van der Waals surface area (Å²) in [6, 6.07) is 2.02. The van der Waals surface area contributed by atoms with Gasteiger partial charge in [-0.05, 0) is 33.6 Å². The first-order valence-corrected chi connectivity index (χ1v) is 6.16. The van der Waals surface area contributed by atoms with Crippen LogP contribution in [-0.4, -0.2) is 19.7 Å². The number of nitriles is 1. The van der Waals surface area contributed by atoms with E-state index in [0.29, 0.717) is 19.4 Å². The fourth-order valence-corrected chi connectivity index (χ4v) is 1.60. The lowest BCUT2D eigenvalue weighted by Crippen LogP contribution is -2.39. The Balaban J connectivity index is 3.87. The summed E-state index contributed by atoms with van der Waals surface area (Å²) >= 11 is 0. The Morgan fingerprint density at radius 3 is 2.29 bits per heavy atom. The van der Waals surface area contributed by atoms with E-state index >= 15 is 0 Å². The second-order valence-corrected chi connectivity index (χ2v) is 6.65. The molecule has 0 aromatic carbocycles. The Hall–Kier alpha value is -0.600. The standard InChI is InChI=1S/C9H18N2O2S/c1-9(2,3)14(12,13)11-8-6-4-5-7-10/h11H,4-6,8H2,1-3H3. The molecule has 0 spiro atoms. The van der Waals surface area contributed by atoms with Gasteiger partial charge >= 0.3 is 0 Å². The molecule has 0 saturated carbocycles. The van der Waals surface area contributed by atoms with E-state index in [1.54, 1.807) is 20.8 Å². The lowest BCUT2D eigenvalue weighted by molar-refractivity contribution is 0.542. The molecular weight excluding hydrogens is 200 g/mol. The third-order valence-electron chi connectivity index (χ3n) is 1.81. The van der Waals surface area contributed by atoms with E-state index in [1.807, 2.05) is 6.07 Å². The predicted octanol–water partition coefficient (Wildman–Crippen LogP) is 1.40. The van der Waals surface area contributed by atoms with E-state index in [2.05, 4.69) is 4.72 Å². The molecule has 14 heavy (non-hydrogen) atoms. The molecule has 0 heterocycles. The second-order valence-electron chi connectivity index (χ2n) is 4.13. The molecule has 0 rings (SSSR count). The molecule has 0 unspecified atom stereocenters. The average molecular weight is 218 g/mol. The van der Waals surface area contributed by atoms with E-state index in [9.17, 15) is 8.42 Å². The minimum absolute atomic E-state index is 0.418. The quantitative estimate of drug-likeness (QED) is 0.709. The van der Waals surface area contributed by atoms with Crippen LogP contribution in [0, 0.1) is 11.3 Å². The van der Waals surface area contributed by atoms with Crippen molar-refractivity contribution in [3.63, 3.8) is 0 Å². The van der Waals surface area contributed by atoms with E-state index in [0.717, 1.165) is 6.42 Å². The van der Waals surface area contributed by atoms with Crippen molar-refractivity contribution in [2.45, 2.75) is 44.8 Å². The highest BCUT2D eigenvalue weighted by Gasteiger charge is 2.27. The summed E-state index contributed by atoms with van der Waals surface area (Å²) in [6.07, 6.45) is 1.93. The SMILES string of the molecule is CC(C)(C)S(=O)(=O)NCCCCC#N. The first-order chi connectivity index (χ1) is 6.31. The van der Waals surface area contributed by atoms with Crippen LogP contribution in [-0.2, 0) is 10.0 Å². The lowest BCUT2D eigenvalue weighted by Gasteiger charge is -2.19. The minimum atomic E-state index is -3.22. The highest BCUT2D eigenvalue weighted by molar-refractivity contribution is 7.90. The Kier molecular flexibility index (Phi) is 5.09. The first kappa shape index (κ1) is 13.4. The highest BCUT2D eigenvalue weighted by atomic mass is 32.2. The summed E-state index contributed by atoms with van der Waals surface area (Å²) in [4.78, 5) is 0. The second kappa shape index (κ2) is 5.32. The zero-order valence-corrected chi connectivity index (χ0v) is 9.82. The molecule has 0 fully saturated rings. The Labute approximate surface area is 86.4 Å². The van der Waals surface area contributed by atoms with E-state index in [-0.39, 0.29) is 0 Å². The molecule has 0 radical (unpaired) electrons. The molecule has 4 nitrogen and oxygen atoms in total. The van der Waals surface area contributed by atoms with Crippen molar-refractivity contribution in [2.75, 3.05) is 6.54 Å². The number of nitrogens with one attached hydrogen (secondary N) is 1. The summed E-state index contributed by atoms with van der Waals surface area (Å²) in [6.45, 7) is 5.39. The summed E-state index contributed by atoms with van der Waals surface area (Å²) in [7, 11) is -3.22. The molecule has 5 heteroatoms. The molecule has 0 amide bonds. The minimum Gasteiger partial charge on any atom is -0.215 e. The monoisotopic (exact) mass is 218 g/mol. The molecule has 82 valence electrons. The zero-order chi connectivity index (χ0) is 11.2. The zero-order valence-electron chi connectivity index (χ0n) is 9.00. The highest BCUT2D eigenvalue weighted by Crippen LogP contribution is 2.12. The fourth-order valence-electron chi connectivity index (χ4n) is 0.752. The van der Waals surface area contributed by atoms with Crippen LogP contribution in [0.4, 0.5) is 0 Å². The number of hydrogen-bond donors (Lipinski definition) is 1. The molecule has 0 atom stereocenters. The summed E-state index contributed by atoms with van der Waals surface area (Å²) in [5.74, 6) is 0. The van der Waals surface area contributed by atoms with Crippen molar-refractivity contribution in [1.29, 1.82) is 5.26 Å². The van der Waals surface area contributed by atoms with Crippen molar-refractivity contribution in [2.24, 2.45) is 0 Å². The van der Waals surface area contributed by atoms with Crippen LogP contribution >= 0.6 is 0 Å². The smallest absolute Gasteiger partial charge is 0.215 e. The third-order valence-corrected chi connectivity index (χ3v) is 4.01. The van der Waals surface area contributed by atoms with Gasteiger partial charge in [-0.2, -0.15) is 5.26 Å². The molecule has 0 aromatic rings. The molecule has 0 saturated heterocycles. The lowest BCUT2D eigenvalue weighted by atomic mass is 10.2. The van der Waals surface area contributed by atoms with Gasteiger partial charge in [-0.3, -0.25) is 0 Å². The average Bonchev–Trinajstić information content (AvgIpc) is 2.02. The predicted molar refractivity (Wildman–Crippen MR) is 56.1 cm³/mol. The van der Waals surface area contributed by atoms with Gasteiger partial charge in [0.05, 0.1) is 10.8 Å². The maximum Gasteiger partial charge on any atom is 0.216 e. The Bertz CT molecular complexity index is 296. The summed E-state index contributed by atoms with van der Waals surface area (Å²) < 4.78 is 24.8. The van der Waals surface area contributed by atoms with Crippen LogP contribution in [0.25, 0.3) is 0 Å². The summed E-state index contributed by atoms with van der Waals surface area (Å²) in [5, 5.41) is 8.27. The van der Waals surface area contributed by atoms with Crippen LogP contribution in [0.15, 0.2) is 0 Å². The van der Waals surface area contributed by atoms with Gasteiger partial charge in [0.15, 0.2) is 0 Å². The third kappa shape index (κ3) is 4.58. The van der Waals surface area contributed by atoms with Crippen molar-refractivity contribution < 1.29 is 8.42 Å². The van der Waals surface area contributed by atoms with E-state index < -0.39 is 14.8 Å². The van der Waals surface area contributed by atoms with Gasteiger partial charge in [0.2, 0.25) is 10.0 Å². The van der Waals surface area contributed by atoms with Crippen LogP contribution in [0.3, 0.4) is 0 Å². The van der Waals surface area contributed by atoms with Gasteiger partial charge in [0, 0.05) is 13.0 Å². The van der Waals surface area contributed by atoms with Crippen molar-refractivity contribution in [1.82, 2.24) is 4.72 Å². The molecule has 0 aliphatic rings. The van der Waals surface area contributed by atoms with E-state index in [1.165, 1.54) is 0 Å². The molecule has 1 N–H and O–H groups in total. The largest absolute Gasteiger partial charge is 0.216 e. The molecule has 0 bridgehead atoms. The molecule has 0 aliphatic carbocycles. The maximum absolute atomic E-state index is 11.5. The maximum atomic E-state index is 11.5. The Morgan fingerprint density at radius 1 is 1.29 bits per heavy atom. The number of rotatable bonds is 5. The van der Waals surface area contributed by atoms with Gasteiger partial charge in [-0.15, -0.1) is 0 Å². The van der Waals surface area contributed by atoms with Gasteiger partial charge in [0.1, 0.15) is 0 Å². The molecule has 0 aliphatic heterocycles. The number of hydrogen-bond acceptors (Lipinski definition) is 3. The topological polar surface area (TPSA) is 70.0 Å². The summed E-state index contributed by atoms with van der Waals surface area (Å²) in [5.41, 5.74) is 0. The molecule has 0 aromatic heterocycles. The number of unbranched alkanes of at least 4 members (excludes halogenated alkanes) is 2. The van der Waals surface area contributed by atoms with Gasteiger partial charge in [0.25, 0.3) is 0 Å². The van der Waals surface area contributed by atoms with Crippen LogP contribution in [0.1, 0.15) is 40.0 Å². The van der Waals surface area contributed by atoms with Gasteiger partial charge in [-0.25, -0.2) is 13.1 Å². The van der Waals surface area contributed by atoms with Crippen molar-refractivity contribution >= 4 is 10.0 Å². The molecular formula is C9H18N2O2S. The number of nitrogens with zero attached hydrogens (tertiary/aromatic N) is 1. The van der Waals surface area contributed by atoms with Crippen LogP contribution < -0.4 is 4.72 Å². The van der Waals surface area contributed by atoms with Gasteiger partial charge < -0.3 is 0 Å². The van der Waals surface area contributed by atoms with Crippen LogP contribution in [0.2, 0.25) is 0 Å². The van der Waals surface area contributed by atoms with E-state index in [4.69, 9.17) is 5.26 Å². The first-order valence-electron chi connectivity index (χ1n) is 4.67. The van der Waals surface area contributed by atoms with Gasteiger partial charge in [-0.1, -0.05) is 0 Å². The van der Waals surface area contributed by atoms with Crippen molar-refractivity contribution in [3.8, 4) is 6.07 Å². The Morgan fingerprint density at radius 2 is 1.86 bits per heavy atom. The van der Waals surface area contributed by atoms with Crippen molar-refractivity contribution in [3.05, 3.63) is 0 Å². The van der Waals surface area contributed by atoms with Crippen LogP contribution in [0.5, 0.6) is 0 Å². The normalized spacial score (nSPS) is 12.4. The number of sulfonamides is 1. The fraction of sp³-hybridized carbons (Fsp3) is 0.889.